The van der Waals surface area contributed by atoms with Crippen molar-refractivity contribution in [1.82, 2.24) is 9.88 Å². The number of halogens is 3. The van der Waals surface area contributed by atoms with Crippen molar-refractivity contribution >= 4 is 59.9 Å². The molecule has 0 radical (unpaired) electrons. The summed E-state index contributed by atoms with van der Waals surface area (Å²) < 4.78 is 34.3. The number of benzene rings is 1. The molecule has 1 fully saturated rings. The number of morpholine rings is 1. The van der Waals surface area contributed by atoms with Gasteiger partial charge in [0.1, 0.15) is 11.3 Å². The SMILES string of the molecule is O=C(c1ccc(Br)s1)N(CCN1CCOCC1)c1nc2c(F)cc(F)cc2s1. The number of rotatable bonds is 5. The van der Waals surface area contributed by atoms with E-state index in [1.165, 1.54) is 17.4 Å². The molecule has 3 aromatic rings. The largest absolute Gasteiger partial charge is 0.379 e. The second kappa shape index (κ2) is 8.50. The first kappa shape index (κ1) is 19.8. The van der Waals surface area contributed by atoms with Gasteiger partial charge in [0.15, 0.2) is 10.9 Å². The minimum Gasteiger partial charge on any atom is -0.379 e. The fourth-order valence-electron chi connectivity index (χ4n) is 2.97. The zero-order valence-electron chi connectivity index (χ0n) is 14.7. The molecule has 0 saturated carbocycles. The van der Waals surface area contributed by atoms with Crippen molar-refractivity contribution in [2.45, 2.75) is 0 Å². The molecule has 4 rings (SSSR count). The van der Waals surface area contributed by atoms with Crippen LogP contribution >= 0.6 is 38.6 Å². The summed E-state index contributed by atoms with van der Waals surface area (Å²) in [6, 6.07) is 5.60. The average molecular weight is 488 g/mol. The Labute approximate surface area is 176 Å². The van der Waals surface area contributed by atoms with Crippen LogP contribution in [0.1, 0.15) is 9.67 Å². The highest BCUT2D eigenvalue weighted by atomic mass is 79.9. The highest BCUT2D eigenvalue weighted by molar-refractivity contribution is 9.11. The summed E-state index contributed by atoms with van der Waals surface area (Å²) in [5.41, 5.74) is 0.0814. The molecule has 148 valence electrons. The Morgan fingerprint density at radius 3 is 2.75 bits per heavy atom. The average Bonchev–Trinajstić information content (AvgIpc) is 3.29. The zero-order valence-corrected chi connectivity index (χ0v) is 17.9. The Morgan fingerprint density at radius 1 is 1.25 bits per heavy atom. The Balaban J connectivity index is 1.65. The molecule has 0 unspecified atom stereocenters. The van der Waals surface area contributed by atoms with Crippen LogP contribution in [0.2, 0.25) is 0 Å². The van der Waals surface area contributed by atoms with Crippen molar-refractivity contribution in [2.24, 2.45) is 0 Å². The second-order valence-corrected chi connectivity index (χ2v) is 9.72. The molecule has 0 spiro atoms. The molecule has 1 saturated heterocycles. The molecule has 0 bridgehead atoms. The predicted octanol–water partition coefficient (Wildman–Crippen LogP) is 4.38. The summed E-state index contributed by atoms with van der Waals surface area (Å²) in [7, 11) is 0. The van der Waals surface area contributed by atoms with Gasteiger partial charge in [-0.25, -0.2) is 13.8 Å². The van der Waals surface area contributed by atoms with Gasteiger partial charge < -0.3 is 4.74 Å². The van der Waals surface area contributed by atoms with Gasteiger partial charge in [0.25, 0.3) is 5.91 Å². The molecule has 0 atom stereocenters. The first-order valence-electron chi connectivity index (χ1n) is 8.64. The molecule has 0 aliphatic carbocycles. The third-order valence-electron chi connectivity index (χ3n) is 4.41. The number of amides is 1. The zero-order chi connectivity index (χ0) is 19.7. The fraction of sp³-hybridized carbons (Fsp3) is 0.333. The lowest BCUT2D eigenvalue weighted by atomic mass is 10.3. The van der Waals surface area contributed by atoms with Gasteiger partial charge in [-0.1, -0.05) is 11.3 Å². The van der Waals surface area contributed by atoms with Crippen LogP contribution in [0, 0.1) is 11.6 Å². The van der Waals surface area contributed by atoms with Crippen LogP contribution in [0.15, 0.2) is 28.1 Å². The number of hydrogen-bond acceptors (Lipinski definition) is 6. The van der Waals surface area contributed by atoms with Gasteiger partial charge >= 0.3 is 0 Å². The second-order valence-electron chi connectivity index (χ2n) is 6.25. The minimum atomic E-state index is -0.725. The first-order valence-corrected chi connectivity index (χ1v) is 11.1. The third-order valence-corrected chi connectivity index (χ3v) is 7.04. The number of thiophene rings is 1. The van der Waals surface area contributed by atoms with Gasteiger partial charge in [0.2, 0.25) is 0 Å². The molecule has 1 aliphatic rings. The van der Waals surface area contributed by atoms with E-state index in [-0.39, 0.29) is 11.4 Å². The highest BCUT2D eigenvalue weighted by Gasteiger charge is 2.24. The number of thiazole rings is 1. The Kier molecular flexibility index (Phi) is 6.02. The lowest BCUT2D eigenvalue weighted by Crippen LogP contribution is -2.43. The third kappa shape index (κ3) is 4.25. The van der Waals surface area contributed by atoms with E-state index < -0.39 is 11.6 Å². The molecular formula is C18H16BrF2N3O2S2. The number of nitrogens with zero attached hydrogens (tertiary/aromatic N) is 3. The van der Waals surface area contributed by atoms with Crippen LogP contribution in [0.4, 0.5) is 13.9 Å². The van der Waals surface area contributed by atoms with E-state index in [0.717, 1.165) is 34.3 Å². The summed E-state index contributed by atoms with van der Waals surface area (Å²) in [5, 5.41) is 0.363. The first-order chi connectivity index (χ1) is 13.5. The van der Waals surface area contributed by atoms with Crippen molar-refractivity contribution in [3.05, 3.63) is 44.6 Å². The predicted molar refractivity (Wildman–Crippen MR) is 110 cm³/mol. The van der Waals surface area contributed by atoms with Crippen LogP contribution in [0.5, 0.6) is 0 Å². The van der Waals surface area contributed by atoms with Gasteiger partial charge in [-0.3, -0.25) is 14.6 Å². The van der Waals surface area contributed by atoms with E-state index in [9.17, 15) is 13.6 Å². The molecule has 1 amide bonds. The Hall–Kier alpha value is -1.46. The monoisotopic (exact) mass is 487 g/mol. The lowest BCUT2D eigenvalue weighted by molar-refractivity contribution is 0.0391. The van der Waals surface area contributed by atoms with Gasteiger partial charge in [-0.2, -0.15) is 0 Å². The highest BCUT2D eigenvalue weighted by Crippen LogP contribution is 2.33. The molecule has 1 aliphatic heterocycles. The van der Waals surface area contributed by atoms with Crippen molar-refractivity contribution in [3.8, 4) is 0 Å². The van der Waals surface area contributed by atoms with Crippen LogP contribution in [-0.2, 0) is 4.74 Å². The maximum atomic E-state index is 14.1. The van der Waals surface area contributed by atoms with Crippen molar-refractivity contribution in [1.29, 1.82) is 0 Å². The van der Waals surface area contributed by atoms with E-state index >= 15 is 0 Å². The summed E-state index contributed by atoms with van der Waals surface area (Å²) in [6.45, 7) is 3.97. The summed E-state index contributed by atoms with van der Waals surface area (Å²) in [6.07, 6.45) is 0. The number of hydrogen-bond donors (Lipinski definition) is 0. The Morgan fingerprint density at radius 2 is 2.04 bits per heavy atom. The number of anilines is 1. The lowest BCUT2D eigenvalue weighted by Gasteiger charge is -2.29. The number of carbonyl (C=O) groups excluding carboxylic acids is 1. The number of ether oxygens (including phenoxy) is 1. The molecule has 0 N–H and O–H groups in total. The summed E-state index contributed by atoms with van der Waals surface area (Å²) >= 11 is 5.82. The quantitative estimate of drug-likeness (QED) is 0.535. The maximum absolute atomic E-state index is 14.1. The number of aromatic nitrogens is 1. The van der Waals surface area contributed by atoms with Crippen LogP contribution in [0.25, 0.3) is 10.2 Å². The molecule has 28 heavy (non-hydrogen) atoms. The molecule has 2 aromatic heterocycles. The smallest absolute Gasteiger partial charge is 0.270 e. The molecule has 3 heterocycles. The standard InChI is InChI=1S/C18H16BrF2N3O2S2/c19-15-2-1-13(27-15)17(25)24(4-3-23-5-7-26-8-6-23)18-22-16-12(21)9-11(20)10-14(16)28-18/h1-2,9-10H,3-8H2. The van der Waals surface area contributed by atoms with Gasteiger partial charge in [-0.15, -0.1) is 11.3 Å². The van der Waals surface area contributed by atoms with E-state index in [4.69, 9.17) is 4.74 Å². The van der Waals surface area contributed by atoms with Crippen LogP contribution in [-0.4, -0.2) is 55.2 Å². The summed E-state index contributed by atoms with van der Waals surface area (Å²) in [4.78, 5) is 21.8. The van der Waals surface area contributed by atoms with Gasteiger partial charge in [-0.05, 0) is 34.1 Å². The molecule has 10 heteroatoms. The van der Waals surface area contributed by atoms with Crippen LogP contribution < -0.4 is 4.90 Å². The molecular weight excluding hydrogens is 472 g/mol. The van der Waals surface area contributed by atoms with E-state index in [0.29, 0.717) is 41.0 Å². The van der Waals surface area contributed by atoms with E-state index in [1.807, 2.05) is 6.07 Å². The molecule has 1 aromatic carbocycles. The number of fused-ring (bicyclic) bond motifs is 1. The van der Waals surface area contributed by atoms with Gasteiger partial charge in [0, 0.05) is 32.2 Å². The minimum absolute atomic E-state index is 0.0814. The fourth-order valence-corrected chi connectivity index (χ4v) is 5.34. The Bertz CT molecular complexity index is 1000. The topological polar surface area (TPSA) is 45.7 Å². The van der Waals surface area contributed by atoms with E-state index in [1.54, 1.807) is 11.0 Å². The van der Waals surface area contributed by atoms with Crippen molar-refractivity contribution in [2.75, 3.05) is 44.3 Å². The van der Waals surface area contributed by atoms with Crippen LogP contribution in [0.3, 0.4) is 0 Å². The normalized spacial score (nSPS) is 15.2. The molecule has 5 nitrogen and oxygen atoms in total. The maximum Gasteiger partial charge on any atom is 0.270 e. The van der Waals surface area contributed by atoms with Crippen molar-refractivity contribution in [3.63, 3.8) is 0 Å². The van der Waals surface area contributed by atoms with Gasteiger partial charge in [0.05, 0.1) is 26.6 Å². The number of carbonyl (C=O) groups is 1. The summed E-state index contributed by atoms with van der Waals surface area (Å²) in [5.74, 6) is -1.59. The van der Waals surface area contributed by atoms with E-state index in [2.05, 4.69) is 25.8 Å². The van der Waals surface area contributed by atoms with Crippen molar-refractivity contribution < 1.29 is 18.3 Å².